The van der Waals surface area contributed by atoms with Crippen molar-refractivity contribution < 1.29 is 5.11 Å². The van der Waals surface area contributed by atoms with Gasteiger partial charge in [0.15, 0.2) is 0 Å². The van der Waals surface area contributed by atoms with Gasteiger partial charge >= 0.3 is 0 Å². The minimum atomic E-state index is 0.388. The van der Waals surface area contributed by atoms with Crippen LogP contribution in [-0.4, -0.2) is 60.8 Å². The number of hydrogen-bond acceptors (Lipinski definition) is 3. The first-order valence-corrected chi connectivity index (χ1v) is 7.33. The Labute approximate surface area is 106 Å². The molecule has 2 fully saturated rings. The maximum absolute atomic E-state index is 9.12. The highest BCUT2D eigenvalue weighted by atomic mass is 16.3. The zero-order valence-electron chi connectivity index (χ0n) is 11.3. The third-order valence-electron chi connectivity index (χ3n) is 4.67. The Kier molecular flexibility index (Phi) is 5.26. The summed E-state index contributed by atoms with van der Waals surface area (Å²) in [6.07, 6.45) is 7.91. The number of aliphatic hydroxyl groups excluding tert-OH is 1. The number of piperidine rings is 2. The lowest BCUT2D eigenvalue weighted by atomic mass is 9.96. The molecule has 2 aliphatic rings. The van der Waals surface area contributed by atoms with Crippen molar-refractivity contribution in [2.24, 2.45) is 5.92 Å². The van der Waals surface area contributed by atoms with Crippen LogP contribution in [0.4, 0.5) is 0 Å². The maximum atomic E-state index is 9.12. The molecule has 2 saturated heterocycles. The lowest BCUT2D eigenvalue weighted by molar-refractivity contribution is 0.112. The smallest absolute Gasteiger partial charge is 0.0460 e. The van der Waals surface area contributed by atoms with E-state index in [0.717, 1.165) is 6.04 Å². The molecule has 3 nitrogen and oxygen atoms in total. The Bertz CT molecular complexity index is 214. The second-order valence-electron chi connectivity index (χ2n) is 5.89. The van der Waals surface area contributed by atoms with Gasteiger partial charge in [-0.1, -0.05) is 6.42 Å². The lowest BCUT2D eigenvalue weighted by Crippen LogP contribution is -2.41. The molecule has 1 N–H and O–H groups in total. The van der Waals surface area contributed by atoms with E-state index >= 15 is 0 Å². The Hall–Kier alpha value is -0.120. The SMILES string of the molecule is CN1CCCCC1CCN1CCC(CO)CC1. The minimum Gasteiger partial charge on any atom is -0.396 e. The summed E-state index contributed by atoms with van der Waals surface area (Å²) in [5.41, 5.74) is 0. The molecule has 100 valence electrons. The van der Waals surface area contributed by atoms with Crippen molar-refractivity contribution in [3.8, 4) is 0 Å². The monoisotopic (exact) mass is 240 g/mol. The number of aliphatic hydroxyl groups is 1. The van der Waals surface area contributed by atoms with Gasteiger partial charge < -0.3 is 14.9 Å². The second-order valence-corrected chi connectivity index (χ2v) is 5.89. The summed E-state index contributed by atoms with van der Waals surface area (Å²) < 4.78 is 0. The average Bonchev–Trinajstić information content (AvgIpc) is 2.38. The summed E-state index contributed by atoms with van der Waals surface area (Å²) in [5, 5.41) is 9.12. The van der Waals surface area contributed by atoms with Crippen molar-refractivity contribution in [3.63, 3.8) is 0 Å². The van der Waals surface area contributed by atoms with Gasteiger partial charge in [0.25, 0.3) is 0 Å². The fourth-order valence-corrected chi connectivity index (χ4v) is 3.23. The van der Waals surface area contributed by atoms with Crippen molar-refractivity contribution in [1.29, 1.82) is 0 Å². The molecular weight excluding hydrogens is 212 g/mol. The molecule has 1 unspecified atom stereocenters. The molecule has 2 rings (SSSR count). The third kappa shape index (κ3) is 3.94. The first-order chi connectivity index (χ1) is 8.29. The molecule has 0 aromatic heterocycles. The van der Waals surface area contributed by atoms with Crippen LogP contribution in [-0.2, 0) is 0 Å². The van der Waals surface area contributed by atoms with Gasteiger partial charge in [-0.2, -0.15) is 0 Å². The molecule has 0 saturated carbocycles. The molecule has 0 radical (unpaired) electrons. The van der Waals surface area contributed by atoms with Crippen LogP contribution in [0.3, 0.4) is 0 Å². The maximum Gasteiger partial charge on any atom is 0.0460 e. The topological polar surface area (TPSA) is 26.7 Å². The molecule has 0 bridgehead atoms. The van der Waals surface area contributed by atoms with Gasteiger partial charge in [-0.25, -0.2) is 0 Å². The predicted octanol–water partition coefficient (Wildman–Crippen LogP) is 1.57. The van der Waals surface area contributed by atoms with Gasteiger partial charge in [0.2, 0.25) is 0 Å². The van der Waals surface area contributed by atoms with Gasteiger partial charge in [0.1, 0.15) is 0 Å². The van der Waals surface area contributed by atoms with Crippen molar-refractivity contribution >= 4 is 0 Å². The molecule has 0 aromatic rings. The van der Waals surface area contributed by atoms with Gasteiger partial charge in [-0.05, 0) is 71.2 Å². The van der Waals surface area contributed by atoms with Crippen molar-refractivity contribution in [2.45, 2.75) is 44.6 Å². The fraction of sp³-hybridized carbons (Fsp3) is 1.00. The number of hydrogen-bond donors (Lipinski definition) is 1. The quantitative estimate of drug-likeness (QED) is 0.808. The van der Waals surface area contributed by atoms with E-state index in [2.05, 4.69) is 16.8 Å². The van der Waals surface area contributed by atoms with E-state index < -0.39 is 0 Å². The van der Waals surface area contributed by atoms with Crippen LogP contribution in [0, 0.1) is 5.92 Å². The van der Waals surface area contributed by atoms with E-state index in [1.54, 1.807) is 0 Å². The average molecular weight is 240 g/mol. The number of rotatable bonds is 4. The molecular formula is C14H28N2O. The van der Waals surface area contributed by atoms with Crippen molar-refractivity contribution in [3.05, 3.63) is 0 Å². The van der Waals surface area contributed by atoms with E-state index in [9.17, 15) is 0 Å². The van der Waals surface area contributed by atoms with Gasteiger partial charge in [-0.15, -0.1) is 0 Å². The van der Waals surface area contributed by atoms with Crippen LogP contribution in [0.1, 0.15) is 38.5 Å². The summed E-state index contributed by atoms with van der Waals surface area (Å²) in [6, 6.07) is 0.819. The highest BCUT2D eigenvalue weighted by Crippen LogP contribution is 2.20. The summed E-state index contributed by atoms with van der Waals surface area (Å²) >= 11 is 0. The van der Waals surface area contributed by atoms with E-state index in [-0.39, 0.29) is 0 Å². The van der Waals surface area contributed by atoms with Gasteiger partial charge in [0.05, 0.1) is 0 Å². The van der Waals surface area contributed by atoms with Crippen LogP contribution >= 0.6 is 0 Å². The molecule has 2 heterocycles. The Balaban J connectivity index is 1.65. The van der Waals surface area contributed by atoms with E-state index in [1.165, 1.54) is 64.7 Å². The summed E-state index contributed by atoms with van der Waals surface area (Å²) in [5.74, 6) is 0.573. The third-order valence-corrected chi connectivity index (χ3v) is 4.67. The van der Waals surface area contributed by atoms with Crippen LogP contribution < -0.4 is 0 Å². The molecule has 1 atom stereocenters. The molecule has 0 amide bonds. The van der Waals surface area contributed by atoms with Crippen LogP contribution in [0.2, 0.25) is 0 Å². The number of nitrogens with zero attached hydrogens (tertiary/aromatic N) is 2. The van der Waals surface area contributed by atoms with Crippen LogP contribution in [0.15, 0.2) is 0 Å². The fourth-order valence-electron chi connectivity index (χ4n) is 3.23. The molecule has 0 aliphatic carbocycles. The Morgan fingerprint density at radius 2 is 1.82 bits per heavy atom. The molecule has 0 aromatic carbocycles. The largest absolute Gasteiger partial charge is 0.396 e. The Morgan fingerprint density at radius 3 is 2.47 bits per heavy atom. The molecule has 3 heteroatoms. The van der Waals surface area contributed by atoms with E-state index in [0.29, 0.717) is 12.5 Å². The zero-order chi connectivity index (χ0) is 12.1. The highest BCUT2D eigenvalue weighted by molar-refractivity contribution is 4.77. The Morgan fingerprint density at radius 1 is 1.06 bits per heavy atom. The van der Waals surface area contributed by atoms with E-state index in [4.69, 9.17) is 5.11 Å². The molecule has 17 heavy (non-hydrogen) atoms. The standard InChI is InChI=1S/C14H28N2O/c1-15-8-3-2-4-14(15)7-11-16-9-5-13(12-17)6-10-16/h13-14,17H,2-12H2,1H3. The second kappa shape index (κ2) is 6.72. The predicted molar refractivity (Wildman–Crippen MR) is 71.1 cm³/mol. The van der Waals surface area contributed by atoms with Crippen LogP contribution in [0.25, 0.3) is 0 Å². The van der Waals surface area contributed by atoms with Crippen molar-refractivity contribution in [2.75, 3.05) is 39.8 Å². The zero-order valence-corrected chi connectivity index (χ0v) is 11.3. The first-order valence-electron chi connectivity index (χ1n) is 7.33. The number of likely N-dealkylation sites (tertiary alicyclic amines) is 2. The lowest BCUT2D eigenvalue weighted by Gasteiger charge is -2.36. The summed E-state index contributed by atoms with van der Waals surface area (Å²) in [6.45, 7) is 5.33. The van der Waals surface area contributed by atoms with E-state index in [1.807, 2.05) is 0 Å². The van der Waals surface area contributed by atoms with Gasteiger partial charge in [-0.3, -0.25) is 0 Å². The molecule has 0 spiro atoms. The van der Waals surface area contributed by atoms with Crippen LogP contribution in [0.5, 0.6) is 0 Å². The summed E-state index contributed by atoms with van der Waals surface area (Å²) in [7, 11) is 2.28. The molecule has 2 aliphatic heterocycles. The minimum absolute atomic E-state index is 0.388. The first kappa shape index (κ1) is 13.3. The van der Waals surface area contributed by atoms with Gasteiger partial charge in [0, 0.05) is 12.6 Å². The summed E-state index contributed by atoms with van der Waals surface area (Å²) in [4.78, 5) is 5.14. The normalized spacial score (nSPS) is 29.6. The van der Waals surface area contributed by atoms with Crippen molar-refractivity contribution in [1.82, 2.24) is 9.80 Å². The highest BCUT2D eigenvalue weighted by Gasteiger charge is 2.22.